The zero-order chi connectivity index (χ0) is 8.60. The normalized spacial score (nSPS) is 39.4. The second-order valence-corrected chi connectivity index (χ2v) is 4.10. The average molecular weight is 166 g/mol. The van der Waals surface area contributed by atoms with Crippen LogP contribution in [0.4, 0.5) is 0 Å². The van der Waals surface area contributed by atoms with E-state index in [2.05, 4.69) is 13.5 Å². The molecule has 0 radical (unpaired) electrons. The smallest absolute Gasteiger partial charge is 0.115 e. The van der Waals surface area contributed by atoms with Crippen LogP contribution in [-0.4, -0.2) is 11.7 Å². The molecular weight excluding hydrogens is 148 g/mol. The second kappa shape index (κ2) is 2.88. The minimum Gasteiger partial charge on any atom is -0.361 e. The summed E-state index contributed by atoms with van der Waals surface area (Å²) in [7, 11) is 0. The number of epoxide rings is 1. The van der Waals surface area contributed by atoms with E-state index in [0.717, 1.165) is 0 Å². The number of hydrogen-bond acceptors (Lipinski definition) is 1. The summed E-state index contributed by atoms with van der Waals surface area (Å²) in [5.74, 6) is 0. The van der Waals surface area contributed by atoms with Gasteiger partial charge in [-0.1, -0.05) is 26.3 Å². The Labute approximate surface area is 74.8 Å². The Bertz CT molecular complexity index is 197. The van der Waals surface area contributed by atoms with Gasteiger partial charge in [0.25, 0.3) is 0 Å². The van der Waals surface area contributed by atoms with Gasteiger partial charge >= 0.3 is 0 Å². The van der Waals surface area contributed by atoms with Crippen LogP contribution in [0.5, 0.6) is 0 Å². The molecule has 1 aliphatic heterocycles. The average Bonchev–Trinajstić information content (AvgIpc) is 2.78. The van der Waals surface area contributed by atoms with Gasteiger partial charge in [-0.3, -0.25) is 0 Å². The summed E-state index contributed by atoms with van der Waals surface area (Å²) >= 11 is 0. The fraction of sp³-hybridized carbons (Fsp3) is 0.818. The van der Waals surface area contributed by atoms with Crippen molar-refractivity contribution in [1.82, 2.24) is 0 Å². The van der Waals surface area contributed by atoms with Crippen LogP contribution in [0.15, 0.2) is 12.2 Å². The summed E-state index contributed by atoms with van der Waals surface area (Å²) in [6, 6.07) is 0. The molecule has 1 saturated heterocycles. The van der Waals surface area contributed by atoms with Gasteiger partial charge in [0, 0.05) is 0 Å². The SMILES string of the molecule is C=C1CCCC2OC12CCCC. The first-order valence-electron chi connectivity index (χ1n) is 5.15. The summed E-state index contributed by atoms with van der Waals surface area (Å²) in [5.41, 5.74) is 1.53. The molecule has 0 amide bonds. The lowest BCUT2D eigenvalue weighted by Gasteiger charge is -2.19. The molecule has 1 saturated carbocycles. The number of ether oxygens (including phenoxy) is 1. The highest BCUT2D eigenvalue weighted by Crippen LogP contribution is 2.53. The number of rotatable bonds is 3. The van der Waals surface area contributed by atoms with Gasteiger partial charge in [0.15, 0.2) is 0 Å². The van der Waals surface area contributed by atoms with Crippen molar-refractivity contribution in [3.8, 4) is 0 Å². The lowest BCUT2D eigenvalue weighted by atomic mass is 9.82. The van der Waals surface area contributed by atoms with E-state index in [1.165, 1.54) is 44.1 Å². The molecule has 12 heavy (non-hydrogen) atoms. The maximum absolute atomic E-state index is 5.78. The fourth-order valence-corrected chi connectivity index (χ4v) is 2.37. The molecular formula is C11H18O. The standard InChI is InChI=1S/C11H18O/c1-3-4-8-11-9(2)6-5-7-10(11)12-11/h10H,2-8H2,1H3. The van der Waals surface area contributed by atoms with Gasteiger partial charge < -0.3 is 4.74 Å². The van der Waals surface area contributed by atoms with E-state index >= 15 is 0 Å². The zero-order valence-corrected chi connectivity index (χ0v) is 7.94. The molecule has 0 N–H and O–H groups in total. The van der Waals surface area contributed by atoms with Crippen molar-refractivity contribution in [2.24, 2.45) is 0 Å². The highest BCUT2D eigenvalue weighted by molar-refractivity contribution is 5.27. The third kappa shape index (κ3) is 1.11. The Hall–Kier alpha value is -0.300. The Morgan fingerprint density at radius 2 is 2.50 bits per heavy atom. The van der Waals surface area contributed by atoms with E-state index in [1.54, 1.807) is 0 Å². The first kappa shape index (κ1) is 8.31. The van der Waals surface area contributed by atoms with Crippen LogP contribution < -0.4 is 0 Å². The van der Waals surface area contributed by atoms with Crippen molar-refractivity contribution < 1.29 is 4.74 Å². The van der Waals surface area contributed by atoms with E-state index in [1.807, 2.05) is 0 Å². The van der Waals surface area contributed by atoms with Crippen molar-refractivity contribution in [3.05, 3.63) is 12.2 Å². The molecule has 1 aliphatic carbocycles. The van der Waals surface area contributed by atoms with E-state index in [-0.39, 0.29) is 5.60 Å². The van der Waals surface area contributed by atoms with Gasteiger partial charge in [0.05, 0.1) is 6.10 Å². The van der Waals surface area contributed by atoms with Crippen molar-refractivity contribution in [2.45, 2.75) is 57.2 Å². The van der Waals surface area contributed by atoms with Crippen LogP contribution in [-0.2, 0) is 4.74 Å². The number of hydrogen-bond donors (Lipinski definition) is 0. The van der Waals surface area contributed by atoms with Gasteiger partial charge in [-0.25, -0.2) is 0 Å². The molecule has 2 rings (SSSR count). The summed E-state index contributed by atoms with van der Waals surface area (Å²) < 4.78 is 5.78. The molecule has 2 unspecified atom stereocenters. The summed E-state index contributed by atoms with van der Waals surface area (Å²) in [6.07, 6.45) is 8.07. The van der Waals surface area contributed by atoms with Gasteiger partial charge in [0.1, 0.15) is 5.60 Å². The molecule has 1 nitrogen and oxygen atoms in total. The first-order valence-corrected chi connectivity index (χ1v) is 5.15. The Morgan fingerprint density at radius 1 is 1.67 bits per heavy atom. The maximum atomic E-state index is 5.78. The van der Waals surface area contributed by atoms with Crippen LogP contribution in [0.1, 0.15) is 45.4 Å². The van der Waals surface area contributed by atoms with Crippen LogP contribution in [0.2, 0.25) is 0 Å². The monoisotopic (exact) mass is 166 g/mol. The van der Waals surface area contributed by atoms with E-state index in [0.29, 0.717) is 6.10 Å². The molecule has 68 valence electrons. The lowest BCUT2D eigenvalue weighted by molar-refractivity contribution is 0.308. The Kier molecular flexibility index (Phi) is 1.99. The van der Waals surface area contributed by atoms with Gasteiger partial charge in [-0.15, -0.1) is 0 Å². The molecule has 0 bridgehead atoms. The maximum Gasteiger partial charge on any atom is 0.115 e. The van der Waals surface area contributed by atoms with E-state index < -0.39 is 0 Å². The minimum atomic E-state index is 0.161. The molecule has 2 fully saturated rings. The zero-order valence-electron chi connectivity index (χ0n) is 7.94. The fourth-order valence-electron chi connectivity index (χ4n) is 2.37. The quantitative estimate of drug-likeness (QED) is 0.463. The first-order chi connectivity index (χ1) is 5.79. The number of fused-ring (bicyclic) bond motifs is 1. The van der Waals surface area contributed by atoms with Crippen molar-refractivity contribution >= 4 is 0 Å². The molecule has 2 atom stereocenters. The Balaban J connectivity index is 1.97. The minimum absolute atomic E-state index is 0.161. The third-order valence-electron chi connectivity index (χ3n) is 3.26. The van der Waals surface area contributed by atoms with Gasteiger partial charge in [-0.2, -0.15) is 0 Å². The van der Waals surface area contributed by atoms with Crippen molar-refractivity contribution in [2.75, 3.05) is 0 Å². The predicted molar refractivity (Wildman–Crippen MR) is 50.1 cm³/mol. The molecule has 0 spiro atoms. The summed E-state index contributed by atoms with van der Waals surface area (Å²) in [4.78, 5) is 0. The van der Waals surface area contributed by atoms with E-state index in [9.17, 15) is 0 Å². The number of unbranched alkanes of at least 4 members (excludes halogenated alkanes) is 1. The van der Waals surface area contributed by atoms with Crippen LogP contribution in [0.3, 0.4) is 0 Å². The molecule has 2 aliphatic rings. The highest BCUT2D eigenvalue weighted by atomic mass is 16.6. The van der Waals surface area contributed by atoms with Crippen LogP contribution in [0.25, 0.3) is 0 Å². The lowest BCUT2D eigenvalue weighted by Crippen LogP contribution is -2.21. The van der Waals surface area contributed by atoms with Gasteiger partial charge in [-0.05, 0) is 31.3 Å². The van der Waals surface area contributed by atoms with Crippen LogP contribution >= 0.6 is 0 Å². The van der Waals surface area contributed by atoms with Crippen LogP contribution in [0, 0.1) is 0 Å². The van der Waals surface area contributed by atoms with E-state index in [4.69, 9.17) is 4.74 Å². The second-order valence-electron chi connectivity index (χ2n) is 4.10. The largest absolute Gasteiger partial charge is 0.361 e. The summed E-state index contributed by atoms with van der Waals surface area (Å²) in [6.45, 7) is 6.37. The molecule has 0 aromatic rings. The predicted octanol–water partition coefficient (Wildman–Crippen LogP) is 3.05. The topological polar surface area (TPSA) is 12.5 Å². The Morgan fingerprint density at radius 3 is 3.17 bits per heavy atom. The van der Waals surface area contributed by atoms with Gasteiger partial charge in [0.2, 0.25) is 0 Å². The molecule has 0 aromatic heterocycles. The summed E-state index contributed by atoms with van der Waals surface area (Å²) in [5, 5.41) is 0. The molecule has 1 heterocycles. The van der Waals surface area contributed by atoms with Crippen molar-refractivity contribution in [3.63, 3.8) is 0 Å². The molecule has 0 aromatic carbocycles. The van der Waals surface area contributed by atoms with Crippen molar-refractivity contribution in [1.29, 1.82) is 0 Å². The third-order valence-corrected chi connectivity index (χ3v) is 3.26. The molecule has 1 heteroatoms. The highest BCUT2D eigenvalue weighted by Gasteiger charge is 2.58.